The summed E-state index contributed by atoms with van der Waals surface area (Å²) in [5.41, 5.74) is 11.7. The molecule has 0 atom stereocenters. The highest BCUT2D eigenvalue weighted by Gasteiger charge is 2.04. The number of aryl methyl sites for hydroxylation is 1. The molecular weight excluding hydrogens is 432 g/mol. The molecule has 0 fully saturated rings. The van der Waals surface area contributed by atoms with Crippen molar-refractivity contribution in [3.05, 3.63) is 169 Å². The van der Waals surface area contributed by atoms with Gasteiger partial charge in [-0.25, -0.2) is 0 Å². The van der Waals surface area contributed by atoms with Crippen molar-refractivity contribution in [3.8, 4) is 22.3 Å². The van der Waals surface area contributed by atoms with E-state index in [0.717, 1.165) is 16.7 Å². The Morgan fingerprint density at radius 3 is 1.86 bits per heavy atom. The van der Waals surface area contributed by atoms with Gasteiger partial charge in [0.05, 0.1) is 0 Å². The van der Waals surface area contributed by atoms with Gasteiger partial charge in [0.25, 0.3) is 0 Å². The maximum absolute atomic E-state index is 4.22. The molecule has 0 unspecified atom stereocenters. The summed E-state index contributed by atoms with van der Waals surface area (Å²) in [5, 5.41) is 0. The van der Waals surface area contributed by atoms with Gasteiger partial charge < -0.3 is 0 Å². The van der Waals surface area contributed by atoms with Crippen LogP contribution in [0.3, 0.4) is 0 Å². The van der Waals surface area contributed by atoms with Crippen molar-refractivity contribution in [1.29, 1.82) is 0 Å². The smallest absolute Gasteiger partial charge is 0.0178 e. The fourth-order valence-electron chi connectivity index (χ4n) is 4.16. The van der Waals surface area contributed by atoms with Crippen LogP contribution >= 0.6 is 0 Å². The second-order valence-corrected chi connectivity index (χ2v) is 8.98. The number of rotatable bonds is 8. The number of allylic oxidation sites excluding steroid dienone is 8. The van der Waals surface area contributed by atoms with E-state index in [1.54, 1.807) is 0 Å². The average molecular weight is 465 g/mol. The molecule has 0 aliphatic rings. The van der Waals surface area contributed by atoms with Crippen LogP contribution in [0.2, 0.25) is 0 Å². The van der Waals surface area contributed by atoms with Crippen LogP contribution in [0.25, 0.3) is 33.4 Å². The van der Waals surface area contributed by atoms with E-state index in [9.17, 15) is 0 Å². The molecule has 0 saturated carbocycles. The largest absolute Gasteiger partial charge is 0.0990 e. The number of hydrogen-bond donors (Lipinski definition) is 0. The highest BCUT2D eigenvalue weighted by Crippen LogP contribution is 2.28. The maximum Gasteiger partial charge on any atom is -0.0178 e. The summed E-state index contributed by atoms with van der Waals surface area (Å²) in [4.78, 5) is 0. The summed E-state index contributed by atoms with van der Waals surface area (Å²) in [6.45, 7) is 12.4. The molecule has 176 valence electrons. The van der Waals surface area contributed by atoms with Crippen molar-refractivity contribution in [1.82, 2.24) is 0 Å². The lowest BCUT2D eigenvalue weighted by atomic mass is 9.96. The van der Waals surface area contributed by atoms with Crippen LogP contribution in [0.15, 0.2) is 152 Å². The van der Waals surface area contributed by atoms with E-state index < -0.39 is 0 Å². The third-order valence-corrected chi connectivity index (χ3v) is 6.20. The normalized spacial score (nSPS) is 12.1. The third-order valence-electron chi connectivity index (χ3n) is 6.20. The van der Waals surface area contributed by atoms with Gasteiger partial charge in [-0.15, -0.1) is 0 Å². The Balaban J connectivity index is 1.52. The summed E-state index contributed by atoms with van der Waals surface area (Å²) in [6, 6.07) is 36.5. The van der Waals surface area contributed by atoms with Gasteiger partial charge in [0, 0.05) is 0 Å². The second kappa shape index (κ2) is 11.8. The lowest BCUT2D eigenvalue weighted by molar-refractivity contribution is 1.47. The molecule has 4 aromatic rings. The van der Waals surface area contributed by atoms with Gasteiger partial charge in [-0.3, -0.25) is 0 Å². The topological polar surface area (TPSA) is 0 Å². The van der Waals surface area contributed by atoms with Crippen LogP contribution in [-0.2, 0) is 0 Å². The van der Waals surface area contributed by atoms with Gasteiger partial charge >= 0.3 is 0 Å². The Labute approximate surface area is 216 Å². The summed E-state index contributed by atoms with van der Waals surface area (Å²) in [7, 11) is 0. The first-order chi connectivity index (χ1) is 17.5. The highest BCUT2D eigenvalue weighted by molar-refractivity contribution is 5.79. The third kappa shape index (κ3) is 6.37. The lowest BCUT2D eigenvalue weighted by Gasteiger charge is -2.08. The van der Waals surface area contributed by atoms with E-state index in [1.165, 1.54) is 39.0 Å². The van der Waals surface area contributed by atoms with Crippen molar-refractivity contribution >= 4 is 11.1 Å². The van der Waals surface area contributed by atoms with Gasteiger partial charge in [-0.2, -0.15) is 0 Å². The minimum Gasteiger partial charge on any atom is -0.0990 e. The number of hydrogen-bond acceptors (Lipinski definition) is 0. The average Bonchev–Trinajstić information content (AvgIpc) is 2.92. The van der Waals surface area contributed by atoms with Gasteiger partial charge in [0.15, 0.2) is 0 Å². The van der Waals surface area contributed by atoms with Crippen molar-refractivity contribution in [2.75, 3.05) is 0 Å². The van der Waals surface area contributed by atoms with E-state index in [4.69, 9.17) is 0 Å². The Morgan fingerprint density at radius 1 is 0.639 bits per heavy atom. The fourth-order valence-corrected chi connectivity index (χ4v) is 4.16. The predicted octanol–water partition coefficient (Wildman–Crippen LogP) is 10.1. The molecule has 0 radical (unpaired) electrons. The molecule has 0 aliphatic heterocycles. The molecule has 36 heavy (non-hydrogen) atoms. The van der Waals surface area contributed by atoms with Gasteiger partial charge in [-0.1, -0.05) is 146 Å². The van der Waals surface area contributed by atoms with Gasteiger partial charge in [-0.05, 0) is 70.0 Å². The van der Waals surface area contributed by atoms with Gasteiger partial charge in [0.2, 0.25) is 0 Å². The van der Waals surface area contributed by atoms with Crippen LogP contribution in [0.4, 0.5) is 0 Å². The van der Waals surface area contributed by atoms with Crippen molar-refractivity contribution < 1.29 is 0 Å². The molecule has 0 heteroatoms. The maximum atomic E-state index is 4.22. The van der Waals surface area contributed by atoms with Crippen molar-refractivity contribution in [2.24, 2.45) is 0 Å². The van der Waals surface area contributed by atoms with Gasteiger partial charge in [0.1, 0.15) is 0 Å². The minimum atomic E-state index is 0.954. The Morgan fingerprint density at radius 2 is 1.25 bits per heavy atom. The zero-order chi connectivity index (χ0) is 25.3. The first-order valence-electron chi connectivity index (χ1n) is 12.2. The van der Waals surface area contributed by atoms with E-state index in [-0.39, 0.29) is 0 Å². The molecular formula is C36H32. The molecule has 0 heterocycles. The molecule has 0 nitrogen and oxygen atoms in total. The molecule has 0 bridgehead atoms. The summed E-state index contributed by atoms with van der Waals surface area (Å²) < 4.78 is 0. The quantitative estimate of drug-likeness (QED) is 0.228. The van der Waals surface area contributed by atoms with Crippen LogP contribution in [0, 0.1) is 6.92 Å². The first-order valence-corrected chi connectivity index (χ1v) is 12.2. The molecule has 0 aliphatic carbocycles. The van der Waals surface area contributed by atoms with Crippen LogP contribution in [0.1, 0.15) is 23.6 Å². The minimum absolute atomic E-state index is 0.954. The highest BCUT2D eigenvalue weighted by atomic mass is 14.1. The standard InChI is InChI=1S/C36H32/c1-5-10-31(20-17-28(3)25-29(4)30-11-7-6-8-12-30)32-21-23-34(24-22-32)36-14-9-13-35(26-36)33-18-15-27(2)16-19-33/h5-26H,1,3H2,2,4H3/b20-17+,29-25+,31-10+. The van der Waals surface area contributed by atoms with E-state index in [2.05, 4.69) is 142 Å². The Kier molecular flexibility index (Phi) is 8.11. The molecule has 4 aromatic carbocycles. The summed E-state index contributed by atoms with van der Waals surface area (Å²) in [6.07, 6.45) is 10.1. The Hall–Kier alpha value is -4.42. The molecule has 0 aromatic heterocycles. The van der Waals surface area contributed by atoms with E-state index in [0.29, 0.717) is 0 Å². The zero-order valence-corrected chi connectivity index (χ0v) is 21.1. The summed E-state index contributed by atoms with van der Waals surface area (Å²) >= 11 is 0. The van der Waals surface area contributed by atoms with E-state index >= 15 is 0 Å². The second-order valence-electron chi connectivity index (χ2n) is 8.98. The fraction of sp³-hybridized carbons (Fsp3) is 0.0556. The van der Waals surface area contributed by atoms with Crippen molar-refractivity contribution in [2.45, 2.75) is 13.8 Å². The molecule has 4 rings (SSSR count). The molecule has 0 N–H and O–H groups in total. The van der Waals surface area contributed by atoms with E-state index in [1.807, 2.05) is 18.2 Å². The first kappa shape index (κ1) is 24.7. The summed E-state index contributed by atoms with van der Waals surface area (Å²) in [5.74, 6) is 0. The predicted molar refractivity (Wildman–Crippen MR) is 159 cm³/mol. The SMILES string of the molecule is C=C/C=C(\C=C\C(=C)/C=C(\C)c1ccccc1)c1ccc(-c2cccc(-c3ccc(C)cc3)c2)cc1. The van der Waals surface area contributed by atoms with Crippen LogP contribution < -0.4 is 0 Å². The van der Waals surface area contributed by atoms with Crippen molar-refractivity contribution in [3.63, 3.8) is 0 Å². The van der Waals surface area contributed by atoms with Crippen LogP contribution in [0.5, 0.6) is 0 Å². The lowest BCUT2D eigenvalue weighted by Crippen LogP contribution is -1.85. The van der Waals surface area contributed by atoms with Crippen LogP contribution in [-0.4, -0.2) is 0 Å². The number of benzene rings is 4. The zero-order valence-electron chi connectivity index (χ0n) is 21.1. The Bertz CT molecular complexity index is 1420. The molecule has 0 spiro atoms. The molecule has 0 amide bonds. The monoisotopic (exact) mass is 464 g/mol. The molecule has 0 saturated heterocycles.